The molecule has 2 rings (SSSR count). The van der Waals surface area contributed by atoms with Gasteiger partial charge >= 0.3 is 17.9 Å². The smallest absolute Gasteiger partial charge is 0.317 e. The molecule has 0 saturated carbocycles. The van der Waals surface area contributed by atoms with Crippen molar-refractivity contribution in [1.82, 2.24) is 24.3 Å². The van der Waals surface area contributed by atoms with Crippen LogP contribution in [0.4, 0.5) is 0 Å². The van der Waals surface area contributed by atoms with Crippen LogP contribution in [0.1, 0.15) is 18.4 Å². The molecule has 0 aliphatic carbocycles. The third-order valence-corrected chi connectivity index (χ3v) is 8.49. The van der Waals surface area contributed by atoms with Crippen molar-refractivity contribution < 1.29 is 48.0 Å². The Morgan fingerprint density at radius 1 is 0.930 bits per heavy atom. The topological polar surface area (TPSA) is 200 Å². The average molecular weight is 632 g/mol. The summed E-state index contributed by atoms with van der Waals surface area (Å²) in [5.74, 6) is -2.68. The summed E-state index contributed by atoms with van der Waals surface area (Å²) in [5, 5.41) is 41.7. The summed E-state index contributed by atoms with van der Waals surface area (Å²) in [7, 11) is -2.38. The van der Waals surface area contributed by atoms with Gasteiger partial charge in [0.1, 0.15) is 5.75 Å². The number of hydrogen-bond donors (Lipinski definition) is 5. The number of aliphatic hydroxyl groups is 1. The molecule has 1 saturated heterocycles. The van der Waals surface area contributed by atoms with Crippen LogP contribution in [-0.2, 0) is 30.8 Å². The molecule has 244 valence electrons. The fraction of sp³-hybridized carbons (Fsp3) is 0.667. The molecule has 0 bridgehead atoms. The Kier molecular flexibility index (Phi) is 15.3. The van der Waals surface area contributed by atoms with Gasteiger partial charge in [0, 0.05) is 58.5 Å². The lowest BCUT2D eigenvalue weighted by Crippen LogP contribution is -2.63. The Bertz CT molecular complexity index is 1140. The normalized spacial score (nSPS) is 20.3. The summed E-state index contributed by atoms with van der Waals surface area (Å²) in [6.45, 7) is -0.178. The van der Waals surface area contributed by atoms with Gasteiger partial charge in [0.05, 0.1) is 39.2 Å². The molecule has 2 unspecified atom stereocenters. The van der Waals surface area contributed by atoms with Crippen molar-refractivity contribution in [3.63, 3.8) is 0 Å². The van der Waals surface area contributed by atoms with Crippen molar-refractivity contribution >= 4 is 27.9 Å². The fourth-order valence-corrected chi connectivity index (χ4v) is 6.29. The number of carbonyl (C=O) groups is 3. The van der Waals surface area contributed by atoms with Crippen LogP contribution in [0, 0.1) is 0 Å². The van der Waals surface area contributed by atoms with Crippen LogP contribution in [0.2, 0.25) is 0 Å². The predicted octanol–water partition coefficient (Wildman–Crippen LogP) is -1.27. The Balaban J connectivity index is 2.55. The number of carboxylic acid groups (broad SMARTS) is 3. The van der Waals surface area contributed by atoms with E-state index in [1.165, 1.54) is 9.21 Å². The molecule has 1 aliphatic rings. The molecule has 1 fully saturated rings. The maximum absolute atomic E-state index is 13.4. The van der Waals surface area contributed by atoms with E-state index >= 15 is 0 Å². The number of aliphatic hydroxyl groups excluding tert-OH is 1. The summed E-state index contributed by atoms with van der Waals surface area (Å²) in [6.07, 6.45) is 0.970. The first-order valence-corrected chi connectivity index (χ1v) is 16.0. The van der Waals surface area contributed by atoms with E-state index in [0.717, 1.165) is 11.8 Å². The summed E-state index contributed by atoms with van der Waals surface area (Å²) in [4.78, 5) is 39.9. The number of nitrogens with zero attached hydrogens (tertiary/aromatic N) is 4. The van der Waals surface area contributed by atoms with Crippen LogP contribution in [0.3, 0.4) is 0 Å². The number of aliphatic carboxylic acids is 3. The minimum atomic E-state index is -3.92. The Labute approximate surface area is 252 Å². The van der Waals surface area contributed by atoms with Crippen molar-refractivity contribution in [2.24, 2.45) is 0 Å². The van der Waals surface area contributed by atoms with Crippen LogP contribution in [0.5, 0.6) is 5.75 Å². The second-order valence-electron chi connectivity index (χ2n) is 10.5. The summed E-state index contributed by atoms with van der Waals surface area (Å²) in [5.41, 5.74) is 0.837. The highest BCUT2D eigenvalue weighted by Gasteiger charge is 2.38. The monoisotopic (exact) mass is 631 g/mol. The fourth-order valence-electron chi connectivity index (χ4n) is 5.19. The first-order valence-electron chi connectivity index (χ1n) is 14.1. The van der Waals surface area contributed by atoms with E-state index in [9.17, 15) is 43.2 Å². The molecular formula is C27H45N5O10S. The largest absolute Gasteiger partial charge is 0.497 e. The molecule has 1 aliphatic heterocycles. The third kappa shape index (κ3) is 13.1. The van der Waals surface area contributed by atoms with E-state index in [1.54, 1.807) is 29.0 Å². The third-order valence-electron chi connectivity index (χ3n) is 7.23. The van der Waals surface area contributed by atoms with Crippen LogP contribution < -0.4 is 10.1 Å². The lowest BCUT2D eigenvalue weighted by molar-refractivity contribution is -0.141. The van der Waals surface area contributed by atoms with Gasteiger partial charge < -0.3 is 30.5 Å². The van der Waals surface area contributed by atoms with Crippen molar-refractivity contribution in [1.29, 1.82) is 0 Å². The maximum atomic E-state index is 13.4. The average Bonchev–Trinajstić information content (AvgIpc) is 2.92. The second kappa shape index (κ2) is 18.1. The number of methoxy groups -OCH3 is 1. The maximum Gasteiger partial charge on any atom is 0.317 e. The SMILES string of the molecule is COc1ccc(CCN(C2C(CCCO)NCCN(CC(=O)O)CCN(CC(=O)O)CCN2CC(=O)O)S(C)(=O)=O)cc1. The lowest BCUT2D eigenvalue weighted by Gasteiger charge is -2.44. The molecule has 0 amide bonds. The van der Waals surface area contributed by atoms with Crippen LogP contribution in [-0.4, -0.2) is 163 Å². The molecule has 16 heteroatoms. The van der Waals surface area contributed by atoms with Gasteiger partial charge in [0.25, 0.3) is 0 Å². The first-order chi connectivity index (χ1) is 20.3. The van der Waals surface area contributed by atoms with Gasteiger partial charge in [-0.3, -0.25) is 29.1 Å². The van der Waals surface area contributed by atoms with Gasteiger partial charge in [-0.15, -0.1) is 0 Å². The highest BCUT2D eigenvalue weighted by Crippen LogP contribution is 2.21. The molecule has 0 radical (unpaired) electrons. The molecular weight excluding hydrogens is 586 g/mol. The van der Waals surface area contributed by atoms with Gasteiger partial charge in [-0.1, -0.05) is 12.1 Å². The van der Waals surface area contributed by atoms with Crippen LogP contribution in [0.15, 0.2) is 24.3 Å². The molecule has 2 atom stereocenters. The quantitative estimate of drug-likeness (QED) is 0.153. The molecule has 1 aromatic rings. The molecule has 5 N–H and O–H groups in total. The highest BCUT2D eigenvalue weighted by atomic mass is 32.2. The Hall–Kier alpha value is -2.86. The van der Waals surface area contributed by atoms with Gasteiger partial charge in [0.2, 0.25) is 10.0 Å². The second-order valence-corrected chi connectivity index (χ2v) is 12.5. The Morgan fingerprint density at radius 3 is 2.00 bits per heavy atom. The number of nitrogens with one attached hydrogen (secondary N) is 1. The zero-order valence-electron chi connectivity index (χ0n) is 24.8. The van der Waals surface area contributed by atoms with E-state index in [0.29, 0.717) is 25.0 Å². The van der Waals surface area contributed by atoms with Crippen molar-refractivity contribution in [3.05, 3.63) is 29.8 Å². The number of carboxylic acids is 3. The van der Waals surface area contributed by atoms with Gasteiger partial charge in [-0.05, 0) is 37.0 Å². The molecule has 0 spiro atoms. The van der Waals surface area contributed by atoms with E-state index < -0.39 is 46.7 Å². The van der Waals surface area contributed by atoms with E-state index in [4.69, 9.17) is 4.74 Å². The Morgan fingerprint density at radius 2 is 1.49 bits per heavy atom. The minimum Gasteiger partial charge on any atom is -0.497 e. The van der Waals surface area contributed by atoms with Gasteiger partial charge in [-0.2, -0.15) is 4.31 Å². The van der Waals surface area contributed by atoms with E-state index in [-0.39, 0.29) is 65.5 Å². The first kappa shape index (κ1) is 36.3. The highest BCUT2D eigenvalue weighted by molar-refractivity contribution is 7.88. The van der Waals surface area contributed by atoms with Crippen molar-refractivity contribution in [2.45, 2.75) is 31.5 Å². The molecule has 15 nitrogen and oxygen atoms in total. The summed E-state index contributed by atoms with van der Waals surface area (Å²) in [6, 6.07) is 6.52. The lowest BCUT2D eigenvalue weighted by atomic mass is 10.1. The molecule has 1 heterocycles. The van der Waals surface area contributed by atoms with Gasteiger partial charge in [-0.25, -0.2) is 8.42 Å². The standard InChI is InChI=1S/C27H45N5O10S/c1-42-22-7-5-21(6-8-22)9-11-32(43(2,40)41)27-23(4-3-17-33)28-10-12-29(18-24(34)35)13-14-30(19-25(36)37)15-16-31(27)20-26(38)39/h5-8,23,27-28,33H,3-4,9-20H2,1-2H3,(H,34,35)(H,36,37)(H,38,39). The van der Waals surface area contributed by atoms with Crippen LogP contribution >= 0.6 is 0 Å². The molecule has 1 aromatic carbocycles. The van der Waals surface area contributed by atoms with E-state index in [2.05, 4.69) is 5.32 Å². The van der Waals surface area contributed by atoms with Crippen LogP contribution in [0.25, 0.3) is 0 Å². The summed E-state index contributed by atoms with van der Waals surface area (Å²) < 4.78 is 33.2. The van der Waals surface area contributed by atoms with Crippen molar-refractivity contribution in [3.8, 4) is 5.75 Å². The molecule has 0 aromatic heterocycles. The zero-order valence-corrected chi connectivity index (χ0v) is 25.6. The van der Waals surface area contributed by atoms with Gasteiger partial charge in [0.15, 0.2) is 0 Å². The minimum absolute atomic E-state index is 0.0211. The predicted molar refractivity (Wildman–Crippen MR) is 158 cm³/mol. The number of ether oxygens (including phenoxy) is 1. The zero-order chi connectivity index (χ0) is 32.0. The van der Waals surface area contributed by atoms with E-state index in [1.807, 2.05) is 12.1 Å². The number of hydrogen-bond acceptors (Lipinski definition) is 11. The molecule has 43 heavy (non-hydrogen) atoms. The number of sulfonamides is 1. The van der Waals surface area contributed by atoms with Crippen molar-refractivity contribution in [2.75, 3.05) is 85.4 Å². The number of benzene rings is 1. The number of rotatable bonds is 15. The summed E-state index contributed by atoms with van der Waals surface area (Å²) >= 11 is 0.